The zero-order valence-electron chi connectivity index (χ0n) is 12.2. The zero-order chi connectivity index (χ0) is 17.1. The largest absolute Gasteiger partial charge is 0.481 e. The Morgan fingerprint density at radius 3 is 2.71 bits per heavy atom. The molecule has 0 amide bonds. The molecule has 1 N–H and O–H groups in total. The van der Waals surface area contributed by atoms with Crippen molar-refractivity contribution in [3.05, 3.63) is 64.7 Å². The molecule has 0 saturated heterocycles. The van der Waals surface area contributed by atoms with E-state index in [-0.39, 0.29) is 5.75 Å². The van der Waals surface area contributed by atoms with Gasteiger partial charge in [-0.25, -0.2) is 13.8 Å². The lowest BCUT2D eigenvalue weighted by molar-refractivity contribution is -0.133. The second kappa shape index (κ2) is 7.11. The number of nitrogens with zero attached hydrogens (tertiary/aromatic N) is 1. The molecule has 0 aliphatic rings. The van der Waals surface area contributed by atoms with Gasteiger partial charge < -0.3 is 5.11 Å². The summed E-state index contributed by atoms with van der Waals surface area (Å²) in [5.74, 6) is -2.98. The Labute approximate surface area is 144 Å². The predicted octanol–water partition coefficient (Wildman–Crippen LogP) is 4.89. The Morgan fingerprint density at radius 1 is 1.21 bits per heavy atom. The highest BCUT2D eigenvalue weighted by Crippen LogP contribution is 2.35. The van der Waals surface area contributed by atoms with Crippen LogP contribution in [0.25, 0.3) is 21.2 Å². The number of halogens is 2. The van der Waals surface area contributed by atoms with Crippen LogP contribution in [0, 0.1) is 11.6 Å². The third kappa shape index (κ3) is 3.80. The summed E-state index contributed by atoms with van der Waals surface area (Å²) in [6.45, 7) is 0. The first kappa shape index (κ1) is 16.6. The van der Waals surface area contributed by atoms with Crippen molar-refractivity contribution in [2.24, 2.45) is 0 Å². The monoisotopic (exact) mass is 363 g/mol. The van der Waals surface area contributed by atoms with Gasteiger partial charge in [0.25, 0.3) is 0 Å². The third-order valence-corrected chi connectivity index (χ3v) is 5.31. The number of thiazole rings is 1. The standard InChI is InChI=1S/C17H11F2NO2S2/c18-11-6-5-10(7-12(11)19)8-15(23-9-16(21)22)17-20-13-3-1-2-4-14(13)24-17/h1-8H,9H2,(H,21,22)/b15-8-. The van der Waals surface area contributed by atoms with E-state index < -0.39 is 17.6 Å². The number of carbonyl (C=O) groups is 1. The summed E-state index contributed by atoms with van der Waals surface area (Å²) in [5.41, 5.74) is 1.26. The van der Waals surface area contributed by atoms with E-state index in [0.717, 1.165) is 34.1 Å². The van der Waals surface area contributed by atoms with Crippen LogP contribution in [0.2, 0.25) is 0 Å². The summed E-state index contributed by atoms with van der Waals surface area (Å²) in [7, 11) is 0. The van der Waals surface area contributed by atoms with Gasteiger partial charge in [-0.1, -0.05) is 18.2 Å². The molecule has 7 heteroatoms. The van der Waals surface area contributed by atoms with Gasteiger partial charge in [-0.15, -0.1) is 23.1 Å². The second-order valence-corrected chi connectivity index (χ2v) is 6.90. The lowest BCUT2D eigenvalue weighted by atomic mass is 10.2. The molecule has 3 nitrogen and oxygen atoms in total. The van der Waals surface area contributed by atoms with Gasteiger partial charge in [-0.05, 0) is 35.9 Å². The molecule has 0 unspecified atom stereocenters. The minimum absolute atomic E-state index is 0.147. The van der Waals surface area contributed by atoms with Crippen molar-refractivity contribution in [3.8, 4) is 0 Å². The number of carboxylic acid groups (broad SMARTS) is 1. The topological polar surface area (TPSA) is 50.2 Å². The summed E-state index contributed by atoms with van der Waals surface area (Å²) in [4.78, 5) is 16.0. The Hall–Kier alpha value is -2.25. The van der Waals surface area contributed by atoms with Gasteiger partial charge >= 0.3 is 5.97 Å². The fraction of sp³-hybridized carbons (Fsp3) is 0.0588. The molecule has 0 radical (unpaired) electrons. The Balaban J connectivity index is 2.02. The molecular weight excluding hydrogens is 352 g/mol. The first-order valence-corrected chi connectivity index (χ1v) is 8.70. The molecule has 0 bridgehead atoms. The lowest BCUT2D eigenvalue weighted by Gasteiger charge is -2.03. The van der Waals surface area contributed by atoms with E-state index in [1.807, 2.05) is 24.3 Å². The molecule has 3 aromatic rings. The van der Waals surface area contributed by atoms with Gasteiger partial charge in [0, 0.05) is 4.91 Å². The fourth-order valence-corrected chi connectivity index (χ4v) is 3.88. The molecular formula is C17H11F2NO2S2. The van der Waals surface area contributed by atoms with Gasteiger partial charge in [0.1, 0.15) is 5.01 Å². The van der Waals surface area contributed by atoms with Crippen LogP contribution in [0.4, 0.5) is 8.78 Å². The van der Waals surface area contributed by atoms with Crippen LogP contribution in [-0.4, -0.2) is 21.8 Å². The Bertz CT molecular complexity index is 904. The molecule has 0 aliphatic heterocycles. The molecule has 0 aliphatic carbocycles. The van der Waals surface area contributed by atoms with E-state index in [1.165, 1.54) is 17.4 Å². The summed E-state index contributed by atoms with van der Waals surface area (Å²) >= 11 is 2.52. The van der Waals surface area contributed by atoms with Crippen molar-refractivity contribution in [1.82, 2.24) is 4.98 Å². The Kier molecular flexibility index (Phi) is 4.92. The normalized spacial score (nSPS) is 11.8. The molecule has 122 valence electrons. The summed E-state index contributed by atoms with van der Waals surface area (Å²) in [5, 5.41) is 9.57. The lowest BCUT2D eigenvalue weighted by Crippen LogP contribution is -1.98. The molecule has 3 rings (SSSR count). The van der Waals surface area contributed by atoms with Crippen LogP contribution in [-0.2, 0) is 4.79 Å². The van der Waals surface area contributed by atoms with Gasteiger partial charge in [0.15, 0.2) is 11.6 Å². The molecule has 0 spiro atoms. The van der Waals surface area contributed by atoms with Crippen LogP contribution in [0.1, 0.15) is 10.6 Å². The van der Waals surface area contributed by atoms with E-state index in [1.54, 1.807) is 6.08 Å². The molecule has 0 fully saturated rings. The van der Waals surface area contributed by atoms with Crippen LogP contribution in [0.5, 0.6) is 0 Å². The van der Waals surface area contributed by atoms with Crippen LogP contribution in [0.3, 0.4) is 0 Å². The first-order valence-electron chi connectivity index (χ1n) is 6.90. The minimum atomic E-state index is -0.961. The molecule has 0 saturated carbocycles. The number of aliphatic carboxylic acids is 1. The number of hydrogen-bond acceptors (Lipinski definition) is 4. The van der Waals surface area contributed by atoms with Gasteiger partial charge in [0.05, 0.1) is 16.0 Å². The average Bonchev–Trinajstić information content (AvgIpc) is 2.98. The van der Waals surface area contributed by atoms with E-state index in [0.29, 0.717) is 15.5 Å². The van der Waals surface area contributed by atoms with Crippen LogP contribution in [0.15, 0.2) is 42.5 Å². The average molecular weight is 363 g/mol. The van der Waals surface area contributed by atoms with Crippen molar-refractivity contribution in [2.45, 2.75) is 0 Å². The predicted molar refractivity (Wildman–Crippen MR) is 93.9 cm³/mol. The summed E-state index contributed by atoms with van der Waals surface area (Å²) in [6.07, 6.45) is 1.62. The number of thioether (sulfide) groups is 1. The maximum absolute atomic E-state index is 13.4. The number of carboxylic acids is 1. The van der Waals surface area contributed by atoms with Crippen LogP contribution < -0.4 is 0 Å². The highest BCUT2D eigenvalue weighted by atomic mass is 32.2. The molecule has 2 aromatic carbocycles. The van der Waals surface area contributed by atoms with Crippen molar-refractivity contribution in [1.29, 1.82) is 0 Å². The van der Waals surface area contributed by atoms with Gasteiger partial charge in [0.2, 0.25) is 0 Å². The van der Waals surface area contributed by atoms with Crippen molar-refractivity contribution in [2.75, 3.05) is 5.75 Å². The number of fused-ring (bicyclic) bond motifs is 1. The highest BCUT2D eigenvalue weighted by molar-refractivity contribution is 8.09. The van der Waals surface area contributed by atoms with Crippen LogP contribution >= 0.6 is 23.1 Å². The smallest absolute Gasteiger partial charge is 0.313 e. The second-order valence-electron chi connectivity index (χ2n) is 4.85. The fourth-order valence-electron chi connectivity index (χ4n) is 2.04. The minimum Gasteiger partial charge on any atom is -0.481 e. The molecule has 1 heterocycles. The number of rotatable bonds is 5. The number of aromatic nitrogens is 1. The molecule has 24 heavy (non-hydrogen) atoms. The molecule has 1 aromatic heterocycles. The van der Waals surface area contributed by atoms with Gasteiger partial charge in [-0.2, -0.15) is 0 Å². The number of hydrogen-bond donors (Lipinski definition) is 1. The van der Waals surface area contributed by atoms with Crippen molar-refractivity contribution >= 4 is 50.3 Å². The van der Waals surface area contributed by atoms with Crippen molar-refractivity contribution in [3.63, 3.8) is 0 Å². The third-order valence-electron chi connectivity index (χ3n) is 3.10. The van der Waals surface area contributed by atoms with E-state index >= 15 is 0 Å². The summed E-state index contributed by atoms with van der Waals surface area (Å²) in [6, 6.07) is 11.1. The summed E-state index contributed by atoms with van der Waals surface area (Å²) < 4.78 is 27.4. The first-order chi connectivity index (χ1) is 11.5. The maximum Gasteiger partial charge on any atom is 0.313 e. The maximum atomic E-state index is 13.4. The molecule has 0 atom stereocenters. The zero-order valence-corrected chi connectivity index (χ0v) is 13.8. The van der Waals surface area contributed by atoms with E-state index in [9.17, 15) is 13.6 Å². The van der Waals surface area contributed by atoms with E-state index in [2.05, 4.69) is 4.98 Å². The van der Waals surface area contributed by atoms with Gasteiger partial charge in [-0.3, -0.25) is 4.79 Å². The Morgan fingerprint density at radius 2 is 2.00 bits per heavy atom. The van der Waals surface area contributed by atoms with E-state index in [4.69, 9.17) is 5.11 Å². The quantitative estimate of drug-likeness (QED) is 0.701. The number of benzene rings is 2. The van der Waals surface area contributed by atoms with Crippen molar-refractivity contribution < 1.29 is 18.7 Å². The highest BCUT2D eigenvalue weighted by Gasteiger charge is 2.12. The number of para-hydroxylation sites is 1. The SMILES string of the molecule is O=C(O)CS/C(=C\c1ccc(F)c(F)c1)c1nc2ccccc2s1.